The predicted molar refractivity (Wildman–Crippen MR) is 112 cm³/mol. The molecule has 3 amide bonds. The van der Waals surface area contributed by atoms with Crippen molar-refractivity contribution in [3.63, 3.8) is 0 Å². The number of rotatable bonds is 6. The highest BCUT2D eigenvalue weighted by molar-refractivity contribution is 6.10. The average molecular weight is 409 g/mol. The summed E-state index contributed by atoms with van der Waals surface area (Å²) in [6.45, 7) is 6.55. The van der Waals surface area contributed by atoms with Gasteiger partial charge in [0.15, 0.2) is 0 Å². The van der Waals surface area contributed by atoms with E-state index in [2.05, 4.69) is 5.32 Å². The number of furan rings is 1. The molecule has 1 unspecified atom stereocenters. The first-order valence-electron chi connectivity index (χ1n) is 10.4. The van der Waals surface area contributed by atoms with E-state index in [1.165, 1.54) is 0 Å². The van der Waals surface area contributed by atoms with Gasteiger partial charge < -0.3 is 14.6 Å². The number of carbonyl (C=O) groups is 3. The molecule has 0 spiro atoms. The number of benzene rings is 1. The molecule has 7 nitrogen and oxygen atoms in total. The molecule has 0 aliphatic carbocycles. The highest BCUT2D eigenvalue weighted by Crippen LogP contribution is 2.43. The Bertz CT molecular complexity index is 1010. The number of anilines is 1. The normalized spacial score (nSPS) is 20.4. The molecule has 0 saturated carbocycles. The fraction of sp³-hybridized carbons (Fsp3) is 0.435. The van der Waals surface area contributed by atoms with Gasteiger partial charge in [0.25, 0.3) is 5.91 Å². The van der Waals surface area contributed by atoms with Crippen molar-refractivity contribution in [1.82, 2.24) is 10.2 Å². The summed E-state index contributed by atoms with van der Waals surface area (Å²) in [6, 6.07) is 9.18. The molecule has 7 heteroatoms. The maximum atomic E-state index is 13.2. The molecule has 1 fully saturated rings. The molecule has 0 radical (unpaired) electrons. The summed E-state index contributed by atoms with van der Waals surface area (Å²) in [5.74, 6) is 1.52. The summed E-state index contributed by atoms with van der Waals surface area (Å²) in [5.41, 5.74) is 1.52. The Labute approximate surface area is 176 Å². The Balaban J connectivity index is 1.40. The standard InChI is InChI=1S/C23H27N3O4/c1-15-13-17(16(2)30-15)14-24-20(27)9-6-12-25-22(29)18-7-4-5-8-19(18)26-21(28)10-11-23(25,26)3/h4-5,7-8,13H,6,9-12,14H2,1-3H3,(H,24,27). The Morgan fingerprint density at radius 1 is 1.23 bits per heavy atom. The Morgan fingerprint density at radius 2 is 2.00 bits per heavy atom. The molecule has 1 N–H and O–H groups in total. The van der Waals surface area contributed by atoms with Crippen LogP contribution < -0.4 is 10.2 Å². The van der Waals surface area contributed by atoms with Gasteiger partial charge >= 0.3 is 0 Å². The van der Waals surface area contributed by atoms with Crippen LogP contribution in [0.5, 0.6) is 0 Å². The Kier molecular flexibility index (Phi) is 5.13. The van der Waals surface area contributed by atoms with Gasteiger partial charge in [-0.05, 0) is 51.8 Å². The maximum absolute atomic E-state index is 13.2. The lowest BCUT2D eigenvalue weighted by Gasteiger charge is -2.48. The first-order chi connectivity index (χ1) is 14.3. The average Bonchev–Trinajstić information content (AvgIpc) is 3.20. The van der Waals surface area contributed by atoms with Gasteiger partial charge in [-0.15, -0.1) is 0 Å². The van der Waals surface area contributed by atoms with Crippen LogP contribution in [0.2, 0.25) is 0 Å². The Morgan fingerprint density at radius 3 is 2.73 bits per heavy atom. The highest BCUT2D eigenvalue weighted by atomic mass is 16.3. The maximum Gasteiger partial charge on any atom is 0.257 e. The first-order valence-corrected chi connectivity index (χ1v) is 10.4. The van der Waals surface area contributed by atoms with Gasteiger partial charge in [-0.3, -0.25) is 19.3 Å². The minimum atomic E-state index is -0.676. The molecule has 158 valence electrons. The van der Waals surface area contributed by atoms with Gasteiger partial charge in [-0.2, -0.15) is 0 Å². The van der Waals surface area contributed by atoms with E-state index in [1.807, 2.05) is 45.0 Å². The summed E-state index contributed by atoms with van der Waals surface area (Å²) >= 11 is 0. The fourth-order valence-electron chi connectivity index (χ4n) is 4.58. The SMILES string of the molecule is Cc1cc(CNC(=O)CCCN2C(=O)c3ccccc3N3C(=O)CCC23C)c(C)o1. The van der Waals surface area contributed by atoms with Crippen molar-refractivity contribution >= 4 is 23.4 Å². The quantitative estimate of drug-likeness (QED) is 0.794. The molecule has 2 aliphatic heterocycles. The highest BCUT2D eigenvalue weighted by Gasteiger charge is 2.52. The lowest BCUT2D eigenvalue weighted by Crippen LogP contribution is -2.62. The molecule has 3 heterocycles. The van der Waals surface area contributed by atoms with E-state index >= 15 is 0 Å². The number of para-hydroxylation sites is 1. The van der Waals surface area contributed by atoms with E-state index in [0.717, 1.165) is 17.1 Å². The largest absolute Gasteiger partial charge is 0.466 e. The lowest BCUT2D eigenvalue weighted by molar-refractivity contribution is -0.121. The van der Waals surface area contributed by atoms with Gasteiger partial charge in [0.05, 0.1) is 11.3 Å². The van der Waals surface area contributed by atoms with Crippen LogP contribution >= 0.6 is 0 Å². The molecular weight excluding hydrogens is 382 g/mol. The number of amides is 3. The molecule has 1 atom stereocenters. The second-order valence-corrected chi connectivity index (χ2v) is 8.24. The summed E-state index contributed by atoms with van der Waals surface area (Å²) < 4.78 is 5.48. The van der Waals surface area contributed by atoms with E-state index < -0.39 is 5.66 Å². The minimum absolute atomic E-state index is 0.0333. The molecule has 2 aliphatic rings. The summed E-state index contributed by atoms with van der Waals surface area (Å²) in [5, 5.41) is 2.91. The number of fused-ring (bicyclic) bond motifs is 3. The van der Waals surface area contributed by atoms with E-state index in [-0.39, 0.29) is 17.7 Å². The second-order valence-electron chi connectivity index (χ2n) is 8.24. The predicted octanol–water partition coefficient (Wildman–Crippen LogP) is 3.29. The third-order valence-electron chi connectivity index (χ3n) is 6.15. The van der Waals surface area contributed by atoms with Crippen molar-refractivity contribution in [1.29, 1.82) is 0 Å². The van der Waals surface area contributed by atoms with Crippen molar-refractivity contribution in [3.05, 3.63) is 53.0 Å². The zero-order valence-electron chi connectivity index (χ0n) is 17.7. The third kappa shape index (κ3) is 3.38. The third-order valence-corrected chi connectivity index (χ3v) is 6.15. The number of aryl methyl sites for hydroxylation is 2. The summed E-state index contributed by atoms with van der Waals surface area (Å²) in [6.07, 6.45) is 1.85. The van der Waals surface area contributed by atoms with E-state index in [0.29, 0.717) is 50.0 Å². The van der Waals surface area contributed by atoms with Gasteiger partial charge in [-0.25, -0.2) is 0 Å². The molecular formula is C23H27N3O4. The molecule has 2 aromatic rings. The Hall–Kier alpha value is -3.09. The van der Waals surface area contributed by atoms with Crippen LogP contribution in [-0.2, 0) is 16.1 Å². The first kappa shape index (κ1) is 20.2. The number of nitrogens with one attached hydrogen (secondary N) is 1. The van der Waals surface area contributed by atoms with Crippen molar-refractivity contribution < 1.29 is 18.8 Å². The van der Waals surface area contributed by atoms with Gasteiger partial charge in [0.2, 0.25) is 11.8 Å². The lowest BCUT2D eigenvalue weighted by atomic mass is 9.98. The summed E-state index contributed by atoms with van der Waals surface area (Å²) in [7, 11) is 0. The molecule has 30 heavy (non-hydrogen) atoms. The van der Waals surface area contributed by atoms with Crippen molar-refractivity contribution in [2.75, 3.05) is 11.4 Å². The van der Waals surface area contributed by atoms with E-state index in [1.54, 1.807) is 15.9 Å². The number of carbonyl (C=O) groups excluding carboxylic acids is 3. The molecule has 1 aromatic heterocycles. The molecule has 1 aromatic carbocycles. The van der Waals surface area contributed by atoms with E-state index in [4.69, 9.17) is 4.42 Å². The van der Waals surface area contributed by atoms with Crippen LogP contribution in [-0.4, -0.2) is 34.8 Å². The van der Waals surface area contributed by atoms with Crippen molar-refractivity contribution in [3.8, 4) is 0 Å². The fourth-order valence-corrected chi connectivity index (χ4v) is 4.58. The van der Waals surface area contributed by atoms with Gasteiger partial charge in [0.1, 0.15) is 17.2 Å². The topological polar surface area (TPSA) is 82.9 Å². The van der Waals surface area contributed by atoms with Crippen LogP contribution in [0.3, 0.4) is 0 Å². The zero-order chi connectivity index (χ0) is 21.5. The van der Waals surface area contributed by atoms with Crippen LogP contribution in [0.4, 0.5) is 5.69 Å². The van der Waals surface area contributed by atoms with Crippen LogP contribution in [0.15, 0.2) is 34.7 Å². The minimum Gasteiger partial charge on any atom is -0.466 e. The number of nitrogens with zero attached hydrogens (tertiary/aromatic N) is 2. The monoisotopic (exact) mass is 409 g/mol. The van der Waals surface area contributed by atoms with Crippen LogP contribution in [0, 0.1) is 13.8 Å². The number of hydrogen-bond donors (Lipinski definition) is 1. The van der Waals surface area contributed by atoms with Gasteiger partial charge in [-0.1, -0.05) is 12.1 Å². The van der Waals surface area contributed by atoms with E-state index in [9.17, 15) is 14.4 Å². The second kappa shape index (κ2) is 7.63. The summed E-state index contributed by atoms with van der Waals surface area (Å²) in [4.78, 5) is 41.6. The smallest absolute Gasteiger partial charge is 0.257 e. The van der Waals surface area contributed by atoms with Crippen molar-refractivity contribution in [2.45, 2.75) is 58.7 Å². The van der Waals surface area contributed by atoms with Crippen LogP contribution in [0.1, 0.15) is 60.0 Å². The van der Waals surface area contributed by atoms with Crippen LogP contribution in [0.25, 0.3) is 0 Å². The molecule has 0 bridgehead atoms. The van der Waals surface area contributed by atoms with Crippen molar-refractivity contribution in [2.24, 2.45) is 0 Å². The molecule has 1 saturated heterocycles. The zero-order valence-corrected chi connectivity index (χ0v) is 17.7. The number of hydrogen-bond acceptors (Lipinski definition) is 4. The van der Waals surface area contributed by atoms with Gasteiger partial charge in [0, 0.05) is 31.5 Å². The molecule has 4 rings (SSSR count).